The number of amides is 1. The number of piperidine rings is 1. The summed E-state index contributed by atoms with van der Waals surface area (Å²) in [5.41, 5.74) is -1.34. The van der Waals surface area contributed by atoms with Crippen LogP contribution in [0.5, 0.6) is 0 Å². The minimum absolute atomic E-state index is 0.0217. The second kappa shape index (κ2) is 7.14. The highest BCUT2D eigenvalue weighted by Crippen LogP contribution is 2.50. The van der Waals surface area contributed by atoms with Crippen molar-refractivity contribution in [1.82, 2.24) is 4.90 Å². The first-order chi connectivity index (χ1) is 12.7. The Morgan fingerprint density at radius 1 is 1.37 bits per heavy atom. The van der Waals surface area contributed by atoms with Gasteiger partial charge in [-0.1, -0.05) is 18.2 Å². The molecule has 0 radical (unpaired) electrons. The van der Waals surface area contributed by atoms with E-state index >= 15 is 0 Å². The third-order valence-electron chi connectivity index (χ3n) is 5.51. The first kappa shape index (κ1) is 19.7. The third-order valence-corrected chi connectivity index (χ3v) is 5.51. The summed E-state index contributed by atoms with van der Waals surface area (Å²) in [4.78, 5) is 26.1. The first-order valence-electron chi connectivity index (χ1n) is 8.86. The molecule has 0 bridgehead atoms. The van der Waals surface area contributed by atoms with Gasteiger partial charge in [-0.2, -0.15) is 13.2 Å². The molecule has 1 aromatic rings. The standard InChI is InChI=1S/C19H22F3NO4/c1-27-11-18(17(25)26)6-3-7-23(10-18)16(24)15-9-14(15)12-4-2-5-13(8-12)19(20,21)22/h2,4-5,8,14-15H,3,6-7,9-11H2,1H3,(H,25,26). The molecule has 1 aromatic carbocycles. The summed E-state index contributed by atoms with van der Waals surface area (Å²) < 4.78 is 43.7. The Hall–Kier alpha value is -2.09. The fourth-order valence-electron chi connectivity index (χ4n) is 3.97. The summed E-state index contributed by atoms with van der Waals surface area (Å²) in [6, 6.07) is 5.07. The van der Waals surface area contributed by atoms with Gasteiger partial charge < -0.3 is 14.7 Å². The van der Waals surface area contributed by atoms with Gasteiger partial charge >= 0.3 is 12.1 Å². The predicted octanol–water partition coefficient (Wildman–Crippen LogP) is 3.15. The molecule has 1 heterocycles. The van der Waals surface area contributed by atoms with Gasteiger partial charge in [0.25, 0.3) is 0 Å². The minimum atomic E-state index is -4.42. The Labute approximate surface area is 155 Å². The van der Waals surface area contributed by atoms with Crippen LogP contribution in [0.3, 0.4) is 0 Å². The van der Waals surface area contributed by atoms with Gasteiger partial charge in [-0.15, -0.1) is 0 Å². The molecule has 8 heteroatoms. The summed E-state index contributed by atoms with van der Waals surface area (Å²) >= 11 is 0. The van der Waals surface area contributed by atoms with Crippen molar-refractivity contribution in [2.75, 3.05) is 26.8 Å². The van der Waals surface area contributed by atoms with Gasteiger partial charge in [0.1, 0.15) is 5.41 Å². The maximum atomic E-state index is 12.9. The highest BCUT2D eigenvalue weighted by atomic mass is 19.4. The number of rotatable bonds is 5. The lowest BCUT2D eigenvalue weighted by molar-refractivity contribution is -0.159. The van der Waals surface area contributed by atoms with Crippen LogP contribution in [0.25, 0.3) is 0 Å². The van der Waals surface area contributed by atoms with Crippen LogP contribution in [-0.4, -0.2) is 48.7 Å². The normalized spacial score (nSPS) is 28.1. The van der Waals surface area contributed by atoms with Crippen molar-refractivity contribution in [2.24, 2.45) is 11.3 Å². The molecule has 1 aliphatic heterocycles. The molecule has 2 fully saturated rings. The monoisotopic (exact) mass is 385 g/mol. The maximum Gasteiger partial charge on any atom is 0.416 e. The van der Waals surface area contributed by atoms with Crippen LogP contribution in [0.15, 0.2) is 24.3 Å². The van der Waals surface area contributed by atoms with Crippen molar-refractivity contribution in [3.05, 3.63) is 35.4 Å². The summed E-state index contributed by atoms with van der Waals surface area (Å²) in [7, 11) is 1.43. The molecule has 1 saturated heterocycles. The Balaban J connectivity index is 1.70. The molecule has 3 atom stereocenters. The van der Waals surface area contributed by atoms with Gasteiger partial charge in [0, 0.05) is 26.1 Å². The van der Waals surface area contributed by atoms with Gasteiger partial charge in [-0.3, -0.25) is 9.59 Å². The van der Waals surface area contributed by atoms with E-state index < -0.39 is 23.1 Å². The number of benzene rings is 1. The largest absolute Gasteiger partial charge is 0.481 e. The van der Waals surface area contributed by atoms with E-state index in [2.05, 4.69) is 0 Å². The topological polar surface area (TPSA) is 66.8 Å². The lowest BCUT2D eigenvalue weighted by Crippen LogP contribution is -2.52. The van der Waals surface area contributed by atoms with Gasteiger partial charge in [0.15, 0.2) is 0 Å². The van der Waals surface area contributed by atoms with Crippen molar-refractivity contribution in [3.8, 4) is 0 Å². The van der Waals surface area contributed by atoms with Crippen molar-refractivity contribution >= 4 is 11.9 Å². The second-order valence-corrected chi connectivity index (χ2v) is 7.45. The molecule has 0 spiro atoms. The molecule has 1 N–H and O–H groups in total. The van der Waals surface area contributed by atoms with Crippen molar-refractivity contribution < 1.29 is 32.6 Å². The number of halogens is 3. The van der Waals surface area contributed by atoms with Crippen molar-refractivity contribution in [1.29, 1.82) is 0 Å². The number of likely N-dealkylation sites (tertiary alicyclic amines) is 1. The number of hydrogen-bond donors (Lipinski definition) is 1. The van der Waals surface area contributed by atoms with E-state index in [0.29, 0.717) is 31.4 Å². The Bertz CT molecular complexity index is 732. The molecular formula is C19H22F3NO4. The van der Waals surface area contributed by atoms with E-state index in [-0.39, 0.29) is 30.9 Å². The number of carbonyl (C=O) groups excluding carboxylic acids is 1. The number of ether oxygens (including phenoxy) is 1. The number of alkyl halides is 3. The summed E-state index contributed by atoms with van der Waals surface area (Å²) in [5.74, 6) is -1.81. The fraction of sp³-hybridized carbons (Fsp3) is 0.579. The van der Waals surface area contributed by atoms with Crippen LogP contribution in [0.2, 0.25) is 0 Å². The van der Waals surface area contributed by atoms with Gasteiger partial charge in [-0.05, 0) is 36.8 Å². The molecule has 5 nitrogen and oxygen atoms in total. The van der Waals surface area contributed by atoms with E-state index in [9.17, 15) is 27.9 Å². The molecule has 1 amide bonds. The summed E-state index contributed by atoms with van der Waals surface area (Å²) in [6.07, 6.45) is -2.94. The van der Waals surface area contributed by atoms with Crippen LogP contribution in [0.4, 0.5) is 13.2 Å². The van der Waals surface area contributed by atoms with Crippen LogP contribution in [-0.2, 0) is 20.5 Å². The van der Waals surface area contributed by atoms with Crippen LogP contribution in [0.1, 0.15) is 36.3 Å². The third kappa shape index (κ3) is 3.95. The lowest BCUT2D eigenvalue weighted by Gasteiger charge is -2.39. The number of nitrogens with zero attached hydrogens (tertiary/aromatic N) is 1. The van der Waals surface area contributed by atoms with Gasteiger partial charge in [-0.25, -0.2) is 0 Å². The molecule has 0 aromatic heterocycles. The molecule has 3 unspecified atom stereocenters. The van der Waals surface area contributed by atoms with Gasteiger partial charge in [0.2, 0.25) is 5.91 Å². The number of methoxy groups -OCH3 is 1. The van der Waals surface area contributed by atoms with E-state index in [4.69, 9.17) is 4.74 Å². The Morgan fingerprint density at radius 3 is 2.74 bits per heavy atom. The predicted molar refractivity (Wildman–Crippen MR) is 90.1 cm³/mol. The minimum Gasteiger partial charge on any atom is -0.481 e. The van der Waals surface area contributed by atoms with Gasteiger partial charge in [0.05, 0.1) is 12.2 Å². The zero-order valence-corrected chi connectivity index (χ0v) is 15.0. The molecule has 148 valence electrons. The lowest BCUT2D eigenvalue weighted by atomic mass is 9.80. The Kier molecular flexibility index (Phi) is 5.20. The zero-order valence-electron chi connectivity index (χ0n) is 15.0. The molecule has 2 aliphatic rings. The fourth-order valence-corrected chi connectivity index (χ4v) is 3.97. The van der Waals surface area contributed by atoms with Crippen LogP contribution >= 0.6 is 0 Å². The Morgan fingerprint density at radius 2 is 2.11 bits per heavy atom. The quantitative estimate of drug-likeness (QED) is 0.846. The zero-order chi connectivity index (χ0) is 19.8. The number of carboxylic acids is 1. The average Bonchev–Trinajstić information content (AvgIpc) is 3.41. The van der Waals surface area contributed by atoms with E-state index in [1.54, 1.807) is 6.07 Å². The summed E-state index contributed by atoms with van der Waals surface area (Å²) in [6.45, 7) is 0.554. The number of carbonyl (C=O) groups is 2. The van der Waals surface area contributed by atoms with E-state index in [1.807, 2.05) is 0 Å². The van der Waals surface area contributed by atoms with Crippen LogP contribution < -0.4 is 0 Å². The molecule has 1 aliphatic carbocycles. The molecule has 1 saturated carbocycles. The molecular weight excluding hydrogens is 363 g/mol. The first-order valence-corrected chi connectivity index (χ1v) is 8.86. The van der Waals surface area contributed by atoms with Crippen molar-refractivity contribution in [3.63, 3.8) is 0 Å². The number of aliphatic carboxylic acids is 1. The number of hydrogen-bond acceptors (Lipinski definition) is 3. The average molecular weight is 385 g/mol. The highest BCUT2D eigenvalue weighted by Gasteiger charge is 2.50. The molecule has 3 rings (SSSR count). The second-order valence-electron chi connectivity index (χ2n) is 7.45. The SMILES string of the molecule is COCC1(C(=O)O)CCCN(C(=O)C2CC2c2cccc(C(F)(F)F)c2)C1. The maximum absolute atomic E-state index is 12.9. The van der Waals surface area contributed by atoms with Crippen molar-refractivity contribution in [2.45, 2.75) is 31.4 Å². The van der Waals surface area contributed by atoms with E-state index in [1.165, 1.54) is 18.1 Å². The number of carboxylic acid groups (broad SMARTS) is 1. The molecule has 27 heavy (non-hydrogen) atoms. The van der Waals surface area contributed by atoms with Crippen LogP contribution in [0, 0.1) is 11.3 Å². The highest BCUT2D eigenvalue weighted by molar-refractivity contribution is 5.84. The van der Waals surface area contributed by atoms with E-state index in [0.717, 1.165) is 12.1 Å². The smallest absolute Gasteiger partial charge is 0.416 e. The summed E-state index contributed by atoms with van der Waals surface area (Å²) in [5, 5.41) is 9.59.